The Morgan fingerprint density at radius 2 is 2.00 bits per heavy atom. The molecule has 2 aromatic rings. The highest BCUT2D eigenvalue weighted by molar-refractivity contribution is 7.12. The van der Waals surface area contributed by atoms with E-state index < -0.39 is 5.60 Å². The van der Waals surface area contributed by atoms with E-state index in [4.69, 9.17) is 4.74 Å². The fraction of sp³-hybridized carbons (Fsp3) is 0.333. The predicted molar refractivity (Wildman–Crippen MR) is 92.3 cm³/mol. The van der Waals surface area contributed by atoms with Crippen molar-refractivity contribution in [1.29, 1.82) is 0 Å². The van der Waals surface area contributed by atoms with E-state index in [0.717, 1.165) is 0 Å². The Labute approximate surface area is 148 Å². The molecule has 2 amide bonds. The van der Waals surface area contributed by atoms with Crippen LogP contribution in [0.3, 0.4) is 0 Å². The van der Waals surface area contributed by atoms with Crippen LogP contribution in [0.25, 0.3) is 0 Å². The fourth-order valence-corrected chi connectivity index (χ4v) is 4.08. The summed E-state index contributed by atoms with van der Waals surface area (Å²) in [6, 6.07) is 9.54. The molecule has 3 heterocycles. The van der Waals surface area contributed by atoms with E-state index in [0.29, 0.717) is 36.6 Å². The summed E-state index contributed by atoms with van der Waals surface area (Å²) in [5, 5.41) is 1.88. The zero-order valence-corrected chi connectivity index (χ0v) is 14.3. The molecule has 1 spiro atoms. The van der Waals surface area contributed by atoms with Gasteiger partial charge in [0.15, 0.2) is 0 Å². The maximum atomic E-state index is 13.1. The van der Waals surface area contributed by atoms with E-state index in [2.05, 4.69) is 0 Å². The molecule has 1 aromatic heterocycles. The number of hydrogen-bond donors (Lipinski definition) is 0. The number of halogens is 1. The summed E-state index contributed by atoms with van der Waals surface area (Å²) in [6.07, 6.45) is 0.676. The van der Waals surface area contributed by atoms with Gasteiger partial charge in [0.05, 0.1) is 18.0 Å². The van der Waals surface area contributed by atoms with Crippen LogP contribution in [-0.2, 0) is 9.53 Å². The molecule has 2 aliphatic heterocycles. The van der Waals surface area contributed by atoms with Crippen molar-refractivity contribution in [2.24, 2.45) is 0 Å². The highest BCUT2D eigenvalue weighted by Crippen LogP contribution is 2.33. The maximum Gasteiger partial charge on any atom is 0.264 e. The van der Waals surface area contributed by atoms with Gasteiger partial charge in [0.1, 0.15) is 18.0 Å². The lowest BCUT2D eigenvalue weighted by Crippen LogP contribution is -2.56. The summed E-state index contributed by atoms with van der Waals surface area (Å²) in [4.78, 5) is 28.9. The van der Waals surface area contributed by atoms with Gasteiger partial charge in [-0.1, -0.05) is 6.07 Å². The van der Waals surface area contributed by atoms with E-state index in [-0.39, 0.29) is 24.2 Å². The average Bonchev–Trinajstić information content (AvgIpc) is 3.28. The molecule has 25 heavy (non-hydrogen) atoms. The molecular weight excluding hydrogens is 343 g/mol. The van der Waals surface area contributed by atoms with Gasteiger partial charge in [-0.3, -0.25) is 9.59 Å². The van der Waals surface area contributed by atoms with Gasteiger partial charge in [0, 0.05) is 12.2 Å². The highest BCUT2D eigenvalue weighted by Gasteiger charge is 2.46. The minimum atomic E-state index is -0.560. The molecule has 7 heteroatoms. The Balaban J connectivity index is 1.52. The van der Waals surface area contributed by atoms with Crippen LogP contribution in [0.1, 0.15) is 16.1 Å². The van der Waals surface area contributed by atoms with Crippen molar-refractivity contribution in [3.8, 4) is 0 Å². The number of thiophene rings is 1. The standard InChI is InChI=1S/C18H17FN2O3S/c19-13-3-5-14(6-4-13)21-12-18(24-10-16(21)22)7-8-20(11-18)17(23)15-2-1-9-25-15/h1-6,9H,7-8,10-12H2. The van der Waals surface area contributed by atoms with Crippen molar-refractivity contribution in [1.82, 2.24) is 4.90 Å². The minimum absolute atomic E-state index is 0.000655. The zero-order valence-electron chi connectivity index (χ0n) is 13.5. The Hall–Kier alpha value is -2.25. The predicted octanol–water partition coefficient (Wildman–Crippen LogP) is 2.54. The Bertz CT molecular complexity index is 793. The Morgan fingerprint density at radius 1 is 1.20 bits per heavy atom. The largest absolute Gasteiger partial charge is 0.361 e. The normalized spacial score (nSPS) is 23.5. The molecule has 0 bridgehead atoms. The van der Waals surface area contributed by atoms with Crippen molar-refractivity contribution >= 4 is 28.8 Å². The number of anilines is 1. The van der Waals surface area contributed by atoms with Gasteiger partial charge in [0.2, 0.25) is 0 Å². The van der Waals surface area contributed by atoms with Gasteiger partial charge < -0.3 is 14.5 Å². The van der Waals surface area contributed by atoms with Crippen LogP contribution in [0.2, 0.25) is 0 Å². The maximum absolute atomic E-state index is 13.1. The first-order valence-corrected chi connectivity index (χ1v) is 8.97. The third-order valence-corrected chi connectivity index (χ3v) is 5.58. The lowest BCUT2D eigenvalue weighted by atomic mass is 10.00. The van der Waals surface area contributed by atoms with Gasteiger partial charge in [0.25, 0.3) is 11.8 Å². The lowest BCUT2D eigenvalue weighted by Gasteiger charge is -2.40. The van der Waals surface area contributed by atoms with E-state index in [1.165, 1.54) is 23.5 Å². The molecule has 0 radical (unpaired) electrons. The molecule has 1 aromatic carbocycles. The Kier molecular flexibility index (Phi) is 4.05. The summed E-state index contributed by atoms with van der Waals surface area (Å²) in [7, 11) is 0. The van der Waals surface area contributed by atoms with Crippen LogP contribution in [0, 0.1) is 5.82 Å². The van der Waals surface area contributed by atoms with Crippen LogP contribution < -0.4 is 4.90 Å². The van der Waals surface area contributed by atoms with Crippen molar-refractivity contribution in [2.45, 2.75) is 12.0 Å². The number of nitrogens with zero attached hydrogens (tertiary/aromatic N) is 2. The van der Waals surface area contributed by atoms with Gasteiger partial charge in [-0.25, -0.2) is 4.39 Å². The number of morpholine rings is 1. The number of carbonyl (C=O) groups excluding carboxylic acids is 2. The molecule has 0 saturated carbocycles. The molecular formula is C18H17FN2O3S. The average molecular weight is 360 g/mol. The number of ether oxygens (including phenoxy) is 1. The van der Waals surface area contributed by atoms with Crippen LogP contribution >= 0.6 is 11.3 Å². The summed E-state index contributed by atoms with van der Waals surface area (Å²) in [5.41, 5.74) is 0.0898. The van der Waals surface area contributed by atoms with Crippen LogP contribution in [0.15, 0.2) is 41.8 Å². The Morgan fingerprint density at radius 3 is 2.72 bits per heavy atom. The monoisotopic (exact) mass is 360 g/mol. The smallest absolute Gasteiger partial charge is 0.264 e. The SMILES string of the molecule is O=C(c1cccs1)N1CCC2(C1)CN(c1ccc(F)cc1)C(=O)CO2. The van der Waals surface area contributed by atoms with Crippen molar-refractivity contribution in [2.75, 3.05) is 31.1 Å². The van der Waals surface area contributed by atoms with Crippen molar-refractivity contribution in [3.63, 3.8) is 0 Å². The third kappa shape index (κ3) is 3.05. The summed E-state index contributed by atoms with van der Waals surface area (Å²) in [6.45, 7) is 1.39. The van der Waals surface area contributed by atoms with Gasteiger partial charge >= 0.3 is 0 Å². The van der Waals surface area contributed by atoms with Crippen molar-refractivity contribution in [3.05, 3.63) is 52.5 Å². The number of rotatable bonds is 2. The second-order valence-corrected chi connectivity index (χ2v) is 7.33. The second kappa shape index (κ2) is 6.24. The first kappa shape index (κ1) is 16.2. The first-order valence-electron chi connectivity index (χ1n) is 8.09. The molecule has 0 aliphatic carbocycles. The topological polar surface area (TPSA) is 49.9 Å². The summed E-state index contributed by atoms with van der Waals surface area (Å²) in [5.74, 6) is -0.492. The highest BCUT2D eigenvalue weighted by atomic mass is 32.1. The van der Waals surface area contributed by atoms with E-state index in [9.17, 15) is 14.0 Å². The fourth-order valence-electron chi connectivity index (χ4n) is 3.39. The van der Waals surface area contributed by atoms with E-state index in [1.807, 2.05) is 17.5 Å². The number of amides is 2. The van der Waals surface area contributed by atoms with Gasteiger partial charge in [-0.05, 0) is 42.1 Å². The second-order valence-electron chi connectivity index (χ2n) is 6.38. The lowest BCUT2D eigenvalue weighted by molar-refractivity contribution is -0.137. The van der Waals surface area contributed by atoms with Crippen LogP contribution in [-0.4, -0.2) is 48.6 Å². The van der Waals surface area contributed by atoms with Gasteiger partial charge in [-0.15, -0.1) is 11.3 Å². The molecule has 2 aliphatic rings. The van der Waals surface area contributed by atoms with Crippen LogP contribution in [0.5, 0.6) is 0 Å². The quantitative estimate of drug-likeness (QED) is 0.827. The first-order chi connectivity index (χ1) is 12.1. The minimum Gasteiger partial charge on any atom is -0.361 e. The molecule has 130 valence electrons. The summed E-state index contributed by atoms with van der Waals surface area (Å²) < 4.78 is 19.0. The molecule has 1 atom stereocenters. The molecule has 0 N–H and O–H groups in total. The van der Waals surface area contributed by atoms with Crippen LogP contribution in [0.4, 0.5) is 10.1 Å². The third-order valence-electron chi connectivity index (χ3n) is 4.72. The number of benzene rings is 1. The number of carbonyl (C=O) groups is 2. The van der Waals surface area contributed by atoms with E-state index in [1.54, 1.807) is 21.9 Å². The van der Waals surface area contributed by atoms with Gasteiger partial charge in [-0.2, -0.15) is 0 Å². The number of hydrogen-bond acceptors (Lipinski definition) is 4. The summed E-state index contributed by atoms with van der Waals surface area (Å²) >= 11 is 1.42. The van der Waals surface area contributed by atoms with E-state index >= 15 is 0 Å². The molecule has 4 rings (SSSR count). The van der Waals surface area contributed by atoms with Crippen molar-refractivity contribution < 1.29 is 18.7 Å². The molecule has 1 unspecified atom stereocenters. The molecule has 2 fully saturated rings. The molecule has 5 nitrogen and oxygen atoms in total. The number of likely N-dealkylation sites (tertiary alicyclic amines) is 1. The zero-order chi connectivity index (χ0) is 17.4. The molecule has 2 saturated heterocycles.